The van der Waals surface area contributed by atoms with Crippen molar-refractivity contribution in [2.75, 3.05) is 40.8 Å². The molecule has 0 radical (unpaired) electrons. The smallest absolute Gasteiger partial charge is 0.339 e. The number of benzene rings is 1. The first-order valence-electron chi connectivity index (χ1n) is 7.27. The van der Waals surface area contributed by atoms with Crippen LogP contribution >= 0.6 is 0 Å². The number of hydrogen-bond acceptors (Lipinski definition) is 4. The van der Waals surface area contributed by atoms with E-state index in [2.05, 4.69) is 23.9 Å². The first kappa shape index (κ1) is 15.8. The second-order valence-corrected chi connectivity index (χ2v) is 5.95. The highest BCUT2D eigenvalue weighted by atomic mass is 16.5. The van der Waals surface area contributed by atoms with Gasteiger partial charge in [0.15, 0.2) is 0 Å². The van der Waals surface area contributed by atoms with Crippen molar-refractivity contribution >= 4 is 5.97 Å². The van der Waals surface area contributed by atoms with Crippen LogP contribution < -0.4 is 4.74 Å². The van der Waals surface area contributed by atoms with Crippen LogP contribution in [0.15, 0.2) is 18.2 Å². The number of ether oxygens (including phenoxy) is 1. The van der Waals surface area contributed by atoms with Gasteiger partial charge in [0, 0.05) is 19.6 Å². The van der Waals surface area contributed by atoms with Crippen LogP contribution in [0.2, 0.25) is 0 Å². The highest BCUT2D eigenvalue weighted by Crippen LogP contribution is 2.22. The maximum absolute atomic E-state index is 11.1. The minimum Gasteiger partial charge on any atom is -0.496 e. The van der Waals surface area contributed by atoms with Gasteiger partial charge in [-0.3, -0.25) is 0 Å². The summed E-state index contributed by atoms with van der Waals surface area (Å²) in [5, 5.41) is 9.09. The standard InChI is InChI=1S/C16H24N2O3/c1-17-7-6-13(10-17)11-18(2)9-12-4-5-14(16(19)20)15(8-12)21-3/h4-5,8,13H,6-7,9-11H2,1-3H3,(H,19,20). The van der Waals surface area contributed by atoms with Crippen molar-refractivity contribution in [3.63, 3.8) is 0 Å². The lowest BCUT2D eigenvalue weighted by molar-refractivity contribution is 0.0693. The molecule has 0 aromatic heterocycles. The normalized spacial score (nSPS) is 19.1. The van der Waals surface area contributed by atoms with Crippen LogP contribution in [0.3, 0.4) is 0 Å². The number of hydrogen-bond donors (Lipinski definition) is 1. The number of rotatable bonds is 6. The summed E-state index contributed by atoms with van der Waals surface area (Å²) in [6.45, 7) is 4.20. The van der Waals surface area contributed by atoms with Crippen molar-refractivity contribution in [1.82, 2.24) is 9.80 Å². The van der Waals surface area contributed by atoms with Crippen LogP contribution in [0.5, 0.6) is 5.75 Å². The molecule has 1 aliphatic rings. The van der Waals surface area contributed by atoms with E-state index in [-0.39, 0.29) is 5.56 Å². The Morgan fingerprint density at radius 2 is 2.29 bits per heavy atom. The molecule has 0 amide bonds. The molecule has 5 nitrogen and oxygen atoms in total. The van der Waals surface area contributed by atoms with Crippen LogP contribution in [0, 0.1) is 5.92 Å². The van der Waals surface area contributed by atoms with Gasteiger partial charge in [0.1, 0.15) is 11.3 Å². The number of likely N-dealkylation sites (tertiary alicyclic amines) is 1. The molecule has 0 spiro atoms. The van der Waals surface area contributed by atoms with Gasteiger partial charge in [-0.1, -0.05) is 6.07 Å². The molecule has 21 heavy (non-hydrogen) atoms. The molecular weight excluding hydrogens is 268 g/mol. The zero-order chi connectivity index (χ0) is 15.4. The largest absolute Gasteiger partial charge is 0.496 e. The predicted molar refractivity (Wildman–Crippen MR) is 81.9 cm³/mol. The molecule has 1 fully saturated rings. The summed E-state index contributed by atoms with van der Waals surface area (Å²) in [6, 6.07) is 5.30. The second-order valence-electron chi connectivity index (χ2n) is 5.95. The summed E-state index contributed by atoms with van der Waals surface area (Å²) in [4.78, 5) is 15.7. The number of carbonyl (C=O) groups is 1. The minimum atomic E-state index is -0.958. The zero-order valence-electron chi connectivity index (χ0n) is 13.0. The van der Waals surface area contributed by atoms with Crippen molar-refractivity contribution < 1.29 is 14.6 Å². The Bertz CT molecular complexity index is 504. The molecule has 1 aromatic rings. The number of carboxylic acid groups (broad SMARTS) is 1. The van der Waals surface area contributed by atoms with E-state index < -0.39 is 5.97 Å². The molecule has 1 N–H and O–H groups in total. The third-order valence-corrected chi connectivity index (χ3v) is 4.01. The molecule has 0 bridgehead atoms. The van der Waals surface area contributed by atoms with Crippen LogP contribution in [0.4, 0.5) is 0 Å². The van der Waals surface area contributed by atoms with E-state index in [9.17, 15) is 4.79 Å². The molecule has 2 rings (SSSR count). The van der Waals surface area contributed by atoms with E-state index in [0.717, 1.165) is 31.1 Å². The van der Waals surface area contributed by atoms with Crippen molar-refractivity contribution in [1.29, 1.82) is 0 Å². The van der Waals surface area contributed by atoms with Crippen LogP contribution in [0.1, 0.15) is 22.3 Å². The Morgan fingerprint density at radius 3 is 2.86 bits per heavy atom. The van der Waals surface area contributed by atoms with E-state index in [1.807, 2.05) is 12.1 Å². The monoisotopic (exact) mass is 292 g/mol. The van der Waals surface area contributed by atoms with Crippen molar-refractivity contribution in [2.24, 2.45) is 5.92 Å². The van der Waals surface area contributed by atoms with E-state index in [0.29, 0.717) is 5.75 Å². The van der Waals surface area contributed by atoms with E-state index >= 15 is 0 Å². The molecule has 5 heteroatoms. The summed E-state index contributed by atoms with van der Waals surface area (Å²) >= 11 is 0. The molecule has 1 heterocycles. The van der Waals surface area contributed by atoms with Crippen LogP contribution in [-0.2, 0) is 6.54 Å². The Hall–Kier alpha value is -1.59. The summed E-state index contributed by atoms with van der Waals surface area (Å²) in [5.41, 5.74) is 1.28. The van der Waals surface area contributed by atoms with Crippen molar-refractivity contribution in [3.05, 3.63) is 29.3 Å². The van der Waals surface area contributed by atoms with Crippen LogP contribution in [0.25, 0.3) is 0 Å². The minimum absolute atomic E-state index is 0.210. The van der Waals surface area contributed by atoms with Gasteiger partial charge in [-0.15, -0.1) is 0 Å². The topological polar surface area (TPSA) is 53.0 Å². The molecule has 0 saturated carbocycles. The summed E-state index contributed by atoms with van der Waals surface area (Å²) in [5.74, 6) is 0.190. The molecule has 0 aliphatic carbocycles. The number of methoxy groups -OCH3 is 1. The molecule has 116 valence electrons. The first-order valence-corrected chi connectivity index (χ1v) is 7.27. The average Bonchev–Trinajstić information content (AvgIpc) is 2.83. The molecule has 1 aliphatic heterocycles. The lowest BCUT2D eigenvalue weighted by atomic mass is 10.1. The Labute approximate surface area is 126 Å². The number of carboxylic acids is 1. The van der Waals surface area contributed by atoms with Gasteiger partial charge in [-0.2, -0.15) is 0 Å². The molecular formula is C16H24N2O3. The Morgan fingerprint density at radius 1 is 1.52 bits per heavy atom. The number of aromatic carboxylic acids is 1. The maximum atomic E-state index is 11.1. The van der Waals surface area contributed by atoms with Gasteiger partial charge >= 0.3 is 5.97 Å². The predicted octanol–water partition coefficient (Wildman–Crippen LogP) is 1.78. The maximum Gasteiger partial charge on any atom is 0.339 e. The lowest BCUT2D eigenvalue weighted by Crippen LogP contribution is -2.27. The second kappa shape index (κ2) is 6.91. The van der Waals surface area contributed by atoms with Gasteiger partial charge in [0.2, 0.25) is 0 Å². The quantitative estimate of drug-likeness (QED) is 0.866. The van der Waals surface area contributed by atoms with E-state index in [1.165, 1.54) is 20.1 Å². The zero-order valence-corrected chi connectivity index (χ0v) is 13.0. The van der Waals surface area contributed by atoms with Gasteiger partial charge in [0.05, 0.1) is 7.11 Å². The summed E-state index contributed by atoms with van der Waals surface area (Å²) < 4.78 is 5.17. The van der Waals surface area contributed by atoms with Gasteiger partial charge < -0.3 is 19.6 Å². The van der Waals surface area contributed by atoms with E-state index in [1.54, 1.807) is 6.07 Å². The van der Waals surface area contributed by atoms with Crippen molar-refractivity contribution in [2.45, 2.75) is 13.0 Å². The Kier molecular flexibility index (Phi) is 5.20. The van der Waals surface area contributed by atoms with Gasteiger partial charge in [-0.05, 0) is 50.7 Å². The molecule has 1 saturated heterocycles. The van der Waals surface area contributed by atoms with E-state index in [4.69, 9.17) is 9.84 Å². The summed E-state index contributed by atoms with van der Waals surface area (Å²) in [6.07, 6.45) is 1.25. The average molecular weight is 292 g/mol. The fourth-order valence-electron chi connectivity index (χ4n) is 3.00. The molecule has 1 unspecified atom stereocenters. The van der Waals surface area contributed by atoms with Gasteiger partial charge in [-0.25, -0.2) is 4.79 Å². The fourth-order valence-corrected chi connectivity index (χ4v) is 3.00. The fraction of sp³-hybridized carbons (Fsp3) is 0.562. The third kappa shape index (κ3) is 4.19. The first-order chi connectivity index (χ1) is 9.99. The highest BCUT2D eigenvalue weighted by Gasteiger charge is 2.21. The summed E-state index contributed by atoms with van der Waals surface area (Å²) in [7, 11) is 5.77. The lowest BCUT2D eigenvalue weighted by Gasteiger charge is -2.21. The van der Waals surface area contributed by atoms with Gasteiger partial charge in [0.25, 0.3) is 0 Å². The molecule has 1 atom stereocenters. The SMILES string of the molecule is COc1cc(CN(C)CC2CCN(C)C2)ccc1C(=O)O. The van der Waals surface area contributed by atoms with Crippen molar-refractivity contribution in [3.8, 4) is 5.75 Å². The third-order valence-electron chi connectivity index (χ3n) is 4.01. The number of nitrogens with zero attached hydrogens (tertiary/aromatic N) is 2. The Balaban J connectivity index is 1.97. The molecule has 1 aromatic carbocycles. The van der Waals surface area contributed by atoms with Crippen LogP contribution in [-0.4, -0.2) is 61.7 Å². The highest BCUT2D eigenvalue weighted by molar-refractivity contribution is 5.90.